The first kappa shape index (κ1) is 18.3. The van der Waals surface area contributed by atoms with Crippen LogP contribution in [0.15, 0.2) is 42.5 Å². The van der Waals surface area contributed by atoms with Crippen LogP contribution in [0.3, 0.4) is 0 Å². The number of carbonyl (C=O) groups excluding carboxylic acids is 2. The van der Waals surface area contributed by atoms with Crippen molar-refractivity contribution in [1.29, 1.82) is 0 Å². The molecule has 0 fully saturated rings. The van der Waals surface area contributed by atoms with E-state index < -0.39 is 34.9 Å². The highest BCUT2D eigenvalue weighted by Crippen LogP contribution is 2.23. The molecule has 0 aliphatic rings. The number of nitrogens with zero attached hydrogens (tertiary/aromatic N) is 1. The Hall–Kier alpha value is -3.00. The summed E-state index contributed by atoms with van der Waals surface area (Å²) in [5.74, 6) is -2.01. The molecule has 0 saturated heterocycles. The molecule has 0 aliphatic carbocycles. The SMILES string of the molecule is O=C(COC(=O)c1ccc(Cl)cc1[N+](=O)[O-])NCc1ccc(F)cc1. The minimum atomic E-state index is -1.01. The molecule has 2 aromatic rings. The second-order valence-electron chi connectivity index (χ2n) is 4.90. The zero-order chi connectivity index (χ0) is 18.4. The van der Waals surface area contributed by atoms with Crippen LogP contribution >= 0.6 is 11.6 Å². The van der Waals surface area contributed by atoms with Crippen molar-refractivity contribution in [2.75, 3.05) is 6.61 Å². The molecule has 2 rings (SSSR count). The van der Waals surface area contributed by atoms with Crippen molar-refractivity contribution in [1.82, 2.24) is 5.32 Å². The zero-order valence-corrected chi connectivity index (χ0v) is 13.5. The Balaban J connectivity index is 1.90. The summed E-state index contributed by atoms with van der Waals surface area (Å²) in [6, 6.07) is 8.98. The van der Waals surface area contributed by atoms with Crippen LogP contribution in [-0.2, 0) is 16.1 Å². The van der Waals surface area contributed by atoms with Crippen LogP contribution in [-0.4, -0.2) is 23.4 Å². The van der Waals surface area contributed by atoms with E-state index in [1.54, 1.807) is 0 Å². The second kappa shape index (κ2) is 8.20. The lowest BCUT2D eigenvalue weighted by Crippen LogP contribution is -2.28. The highest BCUT2D eigenvalue weighted by atomic mass is 35.5. The van der Waals surface area contributed by atoms with Crippen LogP contribution < -0.4 is 5.32 Å². The summed E-state index contributed by atoms with van der Waals surface area (Å²) in [6.45, 7) is -0.489. The van der Waals surface area contributed by atoms with E-state index in [1.807, 2.05) is 0 Å². The number of nitro benzene ring substituents is 1. The molecule has 9 heteroatoms. The average Bonchev–Trinajstić information content (AvgIpc) is 2.59. The molecule has 0 aromatic heterocycles. The minimum absolute atomic E-state index is 0.0975. The van der Waals surface area contributed by atoms with Gasteiger partial charge in [0.2, 0.25) is 0 Å². The Morgan fingerprint density at radius 3 is 2.52 bits per heavy atom. The highest BCUT2D eigenvalue weighted by molar-refractivity contribution is 6.31. The molecule has 0 unspecified atom stereocenters. The van der Waals surface area contributed by atoms with E-state index in [0.29, 0.717) is 5.56 Å². The van der Waals surface area contributed by atoms with Gasteiger partial charge in [0, 0.05) is 17.6 Å². The Morgan fingerprint density at radius 2 is 1.88 bits per heavy atom. The van der Waals surface area contributed by atoms with E-state index in [1.165, 1.54) is 30.3 Å². The van der Waals surface area contributed by atoms with Gasteiger partial charge in [-0.05, 0) is 29.8 Å². The summed E-state index contributed by atoms with van der Waals surface area (Å²) in [6.07, 6.45) is 0. The maximum Gasteiger partial charge on any atom is 0.345 e. The lowest BCUT2D eigenvalue weighted by molar-refractivity contribution is -0.385. The number of rotatable bonds is 6. The van der Waals surface area contributed by atoms with Crippen LogP contribution in [0.25, 0.3) is 0 Å². The number of halogens is 2. The highest BCUT2D eigenvalue weighted by Gasteiger charge is 2.22. The van der Waals surface area contributed by atoms with Crippen molar-refractivity contribution in [3.8, 4) is 0 Å². The molecule has 130 valence electrons. The lowest BCUT2D eigenvalue weighted by atomic mass is 10.2. The largest absolute Gasteiger partial charge is 0.452 e. The molecule has 1 N–H and O–H groups in total. The van der Waals surface area contributed by atoms with Gasteiger partial charge in [0.05, 0.1) is 4.92 Å². The van der Waals surface area contributed by atoms with E-state index in [9.17, 15) is 24.1 Å². The molecule has 0 radical (unpaired) electrons. The maximum absolute atomic E-state index is 12.8. The summed E-state index contributed by atoms with van der Waals surface area (Å²) < 4.78 is 17.5. The predicted molar refractivity (Wildman–Crippen MR) is 86.6 cm³/mol. The van der Waals surface area contributed by atoms with Gasteiger partial charge < -0.3 is 10.1 Å². The van der Waals surface area contributed by atoms with Gasteiger partial charge in [0.25, 0.3) is 11.6 Å². The Kier molecular flexibility index (Phi) is 6.02. The maximum atomic E-state index is 12.8. The topological polar surface area (TPSA) is 98.5 Å². The summed E-state index contributed by atoms with van der Waals surface area (Å²) in [7, 11) is 0. The van der Waals surface area contributed by atoms with Crippen LogP contribution in [0.4, 0.5) is 10.1 Å². The lowest BCUT2D eigenvalue weighted by Gasteiger charge is -2.07. The van der Waals surface area contributed by atoms with Gasteiger partial charge in [-0.25, -0.2) is 9.18 Å². The van der Waals surface area contributed by atoms with E-state index in [2.05, 4.69) is 5.32 Å². The Labute approximate surface area is 146 Å². The number of benzene rings is 2. The number of nitro groups is 1. The van der Waals surface area contributed by atoms with Gasteiger partial charge in [-0.1, -0.05) is 23.7 Å². The predicted octanol–water partition coefficient (Wildman–Crippen LogP) is 2.86. The molecule has 0 atom stereocenters. The molecule has 0 heterocycles. The fourth-order valence-corrected chi connectivity index (χ4v) is 2.06. The van der Waals surface area contributed by atoms with Crippen LogP contribution in [0.2, 0.25) is 5.02 Å². The number of hydrogen-bond acceptors (Lipinski definition) is 5. The third-order valence-corrected chi connectivity index (χ3v) is 3.35. The smallest absolute Gasteiger partial charge is 0.345 e. The minimum Gasteiger partial charge on any atom is -0.452 e. The number of amides is 1. The molecule has 2 aromatic carbocycles. The average molecular weight is 367 g/mol. The molecular weight excluding hydrogens is 355 g/mol. The second-order valence-corrected chi connectivity index (χ2v) is 5.33. The fraction of sp³-hybridized carbons (Fsp3) is 0.125. The first-order valence-corrected chi connectivity index (χ1v) is 7.37. The van der Waals surface area contributed by atoms with E-state index >= 15 is 0 Å². The van der Waals surface area contributed by atoms with Crippen LogP contribution in [0, 0.1) is 15.9 Å². The zero-order valence-electron chi connectivity index (χ0n) is 12.7. The number of carbonyl (C=O) groups is 2. The normalized spacial score (nSPS) is 10.2. The molecule has 0 bridgehead atoms. The Bertz CT molecular complexity index is 811. The summed E-state index contributed by atoms with van der Waals surface area (Å²) in [5, 5.41) is 13.5. The van der Waals surface area contributed by atoms with Crippen molar-refractivity contribution in [2.45, 2.75) is 6.54 Å². The number of hydrogen-bond donors (Lipinski definition) is 1. The molecule has 0 aliphatic heterocycles. The summed E-state index contributed by atoms with van der Waals surface area (Å²) >= 11 is 5.66. The van der Waals surface area contributed by atoms with Gasteiger partial charge in [0.1, 0.15) is 11.4 Å². The van der Waals surface area contributed by atoms with Gasteiger partial charge in [-0.3, -0.25) is 14.9 Å². The van der Waals surface area contributed by atoms with Crippen molar-refractivity contribution in [3.63, 3.8) is 0 Å². The third kappa shape index (κ3) is 5.25. The van der Waals surface area contributed by atoms with E-state index in [4.69, 9.17) is 16.3 Å². The van der Waals surface area contributed by atoms with Crippen molar-refractivity contribution >= 4 is 29.2 Å². The van der Waals surface area contributed by atoms with Gasteiger partial charge in [0.15, 0.2) is 6.61 Å². The van der Waals surface area contributed by atoms with E-state index in [-0.39, 0.29) is 17.1 Å². The standard InChI is InChI=1S/C16H12ClFN2O5/c17-11-3-6-13(14(7-11)20(23)24)16(22)25-9-15(21)19-8-10-1-4-12(18)5-2-10/h1-7H,8-9H2,(H,19,21). The van der Waals surface area contributed by atoms with Gasteiger partial charge in [-0.2, -0.15) is 0 Å². The van der Waals surface area contributed by atoms with Crippen LogP contribution in [0.1, 0.15) is 15.9 Å². The van der Waals surface area contributed by atoms with Crippen molar-refractivity contribution in [3.05, 3.63) is 74.5 Å². The monoisotopic (exact) mass is 366 g/mol. The van der Waals surface area contributed by atoms with Gasteiger partial charge in [-0.15, -0.1) is 0 Å². The van der Waals surface area contributed by atoms with Crippen LogP contribution in [0.5, 0.6) is 0 Å². The van der Waals surface area contributed by atoms with E-state index in [0.717, 1.165) is 12.1 Å². The molecule has 1 amide bonds. The number of esters is 1. The molecule has 0 saturated carbocycles. The summed E-state index contributed by atoms with van der Waals surface area (Å²) in [5.41, 5.74) is -0.153. The molecular formula is C16H12ClFN2O5. The van der Waals surface area contributed by atoms with Crippen molar-refractivity contribution in [2.24, 2.45) is 0 Å². The quantitative estimate of drug-likeness (QED) is 0.481. The first-order valence-electron chi connectivity index (χ1n) is 6.99. The number of nitrogens with one attached hydrogen (secondary N) is 1. The number of ether oxygens (including phenoxy) is 1. The first-order chi connectivity index (χ1) is 11.9. The third-order valence-electron chi connectivity index (χ3n) is 3.11. The molecule has 0 spiro atoms. The van der Waals surface area contributed by atoms with Gasteiger partial charge >= 0.3 is 5.97 Å². The fourth-order valence-electron chi connectivity index (χ4n) is 1.89. The molecule has 25 heavy (non-hydrogen) atoms. The molecule has 7 nitrogen and oxygen atoms in total. The van der Waals surface area contributed by atoms with Crippen molar-refractivity contribution < 1.29 is 23.6 Å². The summed E-state index contributed by atoms with van der Waals surface area (Å²) in [4.78, 5) is 33.7. The Morgan fingerprint density at radius 1 is 1.20 bits per heavy atom.